The zero-order valence-electron chi connectivity index (χ0n) is 17.4. The SMILES string of the molecule is CC(C)(C)OC(=O)NCCc1ccc(-c2ccc(C#N)cc2OS(=O)(=O)C(F)(F)F)nc1. The van der Waals surface area contributed by atoms with Gasteiger partial charge in [-0.15, -0.1) is 0 Å². The van der Waals surface area contributed by atoms with Crippen LogP contribution >= 0.6 is 0 Å². The van der Waals surface area contributed by atoms with Gasteiger partial charge in [-0.2, -0.15) is 26.9 Å². The molecule has 1 amide bonds. The van der Waals surface area contributed by atoms with Crippen molar-refractivity contribution in [1.29, 1.82) is 5.26 Å². The average Bonchev–Trinajstić information content (AvgIpc) is 2.66. The maximum Gasteiger partial charge on any atom is 0.534 e. The number of nitrogens with zero attached hydrogens (tertiary/aromatic N) is 2. The van der Waals surface area contributed by atoms with E-state index >= 15 is 0 Å². The third-order valence-corrected chi connectivity index (χ3v) is 4.74. The van der Waals surface area contributed by atoms with E-state index in [-0.39, 0.29) is 23.4 Å². The van der Waals surface area contributed by atoms with Crippen molar-refractivity contribution in [3.05, 3.63) is 47.7 Å². The van der Waals surface area contributed by atoms with Gasteiger partial charge in [0.05, 0.1) is 17.3 Å². The molecule has 0 bridgehead atoms. The van der Waals surface area contributed by atoms with Crippen LogP contribution in [0.25, 0.3) is 11.3 Å². The number of alkyl halides is 3. The van der Waals surface area contributed by atoms with Gasteiger partial charge in [0.2, 0.25) is 0 Å². The Morgan fingerprint density at radius 2 is 1.88 bits per heavy atom. The van der Waals surface area contributed by atoms with Gasteiger partial charge in [0, 0.05) is 24.4 Å². The van der Waals surface area contributed by atoms with Crippen LogP contribution in [0.4, 0.5) is 18.0 Å². The molecule has 0 radical (unpaired) electrons. The lowest BCUT2D eigenvalue weighted by Gasteiger charge is -2.19. The minimum absolute atomic E-state index is 0.0461. The molecule has 2 rings (SSSR count). The Labute approximate surface area is 183 Å². The summed E-state index contributed by atoms with van der Waals surface area (Å²) in [6.07, 6.45) is 1.24. The number of alkyl carbamates (subject to hydrolysis) is 1. The molecular formula is C20H20F3N3O5S. The van der Waals surface area contributed by atoms with E-state index in [9.17, 15) is 26.4 Å². The quantitative estimate of drug-likeness (QED) is 0.501. The molecule has 0 aliphatic rings. The molecule has 172 valence electrons. The van der Waals surface area contributed by atoms with Crippen molar-refractivity contribution < 1.29 is 35.3 Å². The first kappa shape index (κ1) is 24.9. The monoisotopic (exact) mass is 471 g/mol. The molecule has 0 saturated carbocycles. The van der Waals surface area contributed by atoms with Gasteiger partial charge in [-0.1, -0.05) is 6.07 Å². The summed E-state index contributed by atoms with van der Waals surface area (Å²) in [5, 5.41) is 11.6. The Balaban J connectivity index is 2.19. The van der Waals surface area contributed by atoms with Gasteiger partial charge < -0.3 is 14.2 Å². The normalized spacial score (nSPS) is 12.0. The van der Waals surface area contributed by atoms with Gasteiger partial charge >= 0.3 is 21.7 Å². The molecular weight excluding hydrogens is 451 g/mol. The molecule has 1 N–H and O–H groups in total. The van der Waals surface area contributed by atoms with E-state index in [1.807, 2.05) is 0 Å². The van der Waals surface area contributed by atoms with E-state index in [1.165, 1.54) is 24.4 Å². The van der Waals surface area contributed by atoms with Crippen LogP contribution in [-0.4, -0.2) is 37.1 Å². The van der Waals surface area contributed by atoms with Gasteiger partial charge in [0.25, 0.3) is 0 Å². The van der Waals surface area contributed by atoms with Gasteiger partial charge in [0.1, 0.15) is 5.60 Å². The third-order valence-electron chi connectivity index (χ3n) is 3.78. The summed E-state index contributed by atoms with van der Waals surface area (Å²) in [6, 6.07) is 8.19. The summed E-state index contributed by atoms with van der Waals surface area (Å²) < 4.78 is 70.4. The van der Waals surface area contributed by atoms with Gasteiger partial charge in [0.15, 0.2) is 5.75 Å². The van der Waals surface area contributed by atoms with Crippen molar-refractivity contribution in [3.63, 3.8) is 0 Å². The fourth-order valence-electron chi connectivity index (χ4n) is 2.39. The van der Waals surface area contributed by atoms with Crippen molar-refractivity contribution in [2.45, 2.75) is 38.3 Å². The summed E-state index contributed by atoms with van der Waals surface area (Å²) in [7, 11) is -5.94. The maximum absolute atomic E-state index is 12.7. The van der Waals surface area contributed by atoms with Crippen LogP contribution in [0.5, 0.6) is 5.75 Å². The summed E-state index contributed by atoms with van der Waals surface area (Å²) >= 11 is 0. The second-order valence-corrected chi connectivity index (χ2v) is 9.07. The number of rotatable bonds is 6. The lowest BCUT2D eigenvalue weighted by Crippen LogP contribution is -2.33. The molecule has 1 aromatic carbocycles. The zero-order valence-corrected chi connectivity index (χ0v) is 18.2. The van der Waals surface area contributed by atoms with Crippen molar-refractivity contribution >= 4 is 16.2 Å². The Morgan fingerprint density at radius 1 is 1.19 bits per heavy atom. The Bertz CT molecular complexity index is 1120. The van der Waals surface area contributed by atoms with Crippen LogP contribution in [0.3, 0.4) is 0 Å². The van der Waals surface area contributed by atoms with Crippen molar-refractivity contribution in [2.24, 2.45) is 0 Å². The second kappa shape index (κ2) is 9.44. The Hall–Kier alpha value is -3.33. The molecule has 0 spiro atoms. The van der Waals surface area contributed by atoms with E-state index < -0.39 is 33.1 Å². The molecule has 1 aromatic heterocycles. The van der Waals surface area contributed by atoms with E-state index in [2.05, 4.69) is 14.5 Å². The van der Waals surface area contributed by atoms with Crippen molar-refractivity contribution in [2.75, 3.05) is 6.54 Å². The Kier molecular flexibility index (Phi) is 7.35. The fourth-order valence-corrected chi connectivity index (χ4v) is 2.86. The molecule has 2 aromatic rings. The highest BCUT2D eigenvalue weighted by Gasteiger charge is 2.48. The number of hydrogen-bond acceptors (Lipinski definition) is 7. The number of aromatic nitrogens is 1. The number of carbonyl (C=O) groups is 1. The minimum Gasteiger partial charge on any atom is -0.444 e. The highest BCUT2D eigenvalue weighted by atomic mass is 32.2. The number of carbonyl (C=O) groups excluding carboxylic acids is 1. The molecule has 0 atom stereocenters. The highest BCUT2D eigenvalue weighted by Crippen LogP contribution is 2.34. The number of hydrogen-bond donors (Lipinski definition) is 1. The first-order valence-electron chi connectivity index (χ1n) is 9.19. The molecule has 12 heteroatoms. The second-order valence-electron chi connectivity index (χ2n) is 7.54. The fraction of sp³-hybridized carbons (Fsp3) is 0.350. The summed E-state index contributed by atoms with van der Waals surface area (Å²) in [4.78, 5) is 15.8. The number of nitrogens with one attached hydrogen (secondary N) is 1. The predicted molar refractivity (Wildman–Crippen MR) is 108 cm³/mol. The van der Waals surface area contributed by atoms with Crippen LogP contribution in [0.1, 0.15) is 31.9 Å². The van der Waals surface area contributed by atoms with E-state index in [1.54, 1.807) is 32.9 Å². The van der Waals surface area contributed by atoms with Crippen LogP contribution in [0, 0.1) is 11.3 Å². The average molecular weight is 471 g/mol. The number of amides is 1. The molecule has 0 aliphatic carbocycles. The maximum atomic E-state index is 12.7. The van der Waals surface area contributed by atoms with Gasteiger partial charge in [-0.3, -0.25) is 4.98 Å². The summed E-state index contributed by atoms with van der Waals surface area (Å²) in [6.45, 7) is 5.45. The minimum atomic E-state index is -5.94. The lowest BCUT2D eigenvalue weighted by molar-refractivity contribution is -0.0499. The molecule has 0 fully saturated rings. The van der Waals surface area contributed by atoms with E-state index in [0.717, 1.165) is 6.07 Å². The predicted octanol–water partition coefficient (Wildman–Crippen LogP) is 3.92. The number of benzene rings is 1. The zero-order chi connectivity index (χ0) is 24.2. The highest BCUT2D eigenvalue weighted by molar-refractivity contribution is 7.88. The summed E-state index contributed by atoms with van der Waals surface area (Å²) in [5.74, 6) is -0.673. The molecule has 32 heavy (non-hydrogen) atoms. The standard InChI is InChI=1S/C20H20F3N3O5S/c1-19(2,3)30-18(27)25-9-8-13-5-7-16(26-12-13)15-6-4-14(11-24)10-17(15)31-32(28,29)20(21,22)23/h4-7,10,12H,8-9H2,1-3H3,(H,25,27). The van der Waals surface area contributed by atoms with E-state index in [4.69, 9.17) is 10.00 Å². The molecule has 0 aliphatic heterocycles. The lowest BCUT2D eigenvalue weighted by atomic mass is 10.1. The Morgan fingerprint density at radius 3 is 2.41 bits per heavy atom. The van der Waals surface area contributed by atoms with Crippen molar-refractivity contribution in [1.82, 2.24) is 10.3 Å². The largest absolute Gasteiger partial charge is 0.534 e. The first-order chi connectivity index (χ1) is 14.7. The first-order valence-corrected chi connectivity index (χ1v) is 10.6. The number of nitriles is 1. The molecule has 8 nitrogen and oxygen atoms in total. The molecule has 1 heterocycles. The number of halogens is 3. The van der Waals surface area contributed by atoms with Crippen LogP contribution < -0.4 is 9.50 Å². The van der Waals surface area contributed by atoms with E-state index in [0.29, 0.717) is 12.0 Å². The number of pyridine rings is 1. The van der Waals surface area contributed by atoms with Crippen LogP contribution in [-0.2, 0) is 21.3 Å². The molecule has 0 saturated heterocycles. The van der Waals surface area contributed by atoms with Crippen LogP contribution in [0.2, 0.25) is 0 Å². The number of ether oxygens (including phenoxy) is 1. The third kappa shape index (κ3) is 6.84. The van der Waals surface area contributed by atoms with Crippen molar-refractivity contribution in [3.8, 4) is 23.1 Å². The smallest absolute Gasteiger partial charge is 0.444 e. The van der Waals surface area contributed by atoms with Gasteiger partial charge in [-0.25, -0.2) is 4.79 Å². The van der Waals surface area contributed by atoms with Crippen LogP contribution in [0.15, 0.2) is 36.5 Å². The molecule has 0 unspecified atom stereocenters. The summed E-state index contributed by atoms with van der Waals surface area (Å²) in [5.41, 5.74) is -5.57. The van der Waals surface area contributed by atoms with Gasteiger partial charge in [-0.05, 0) is 51.0 Å². The topological polar surface area (TPSA) is 118 Å².